The molecule has 2 aromatic carbocycles. The molecule has 6 nitrogen and oxygen atoms in total. The summed E-state index contributed by atoms with van der Waals surface area (Å²) in [5.74, 6) is -1.53. The fraction of sp³-hybridized carbons (Fsp3) is 0.111. The number of benzene rings is 2. The van der Waals surface area contributed by atoms with Crippen LogP contribution in [0.25, 0.3) is 11.6 Å². The van der Waals surface area contributed by atoms with Gasteiger partial charge in [0.05, 0.1) is 25.4 Å². The van der Waals surface area contributed by atoms with Crippen LogP contribution in [0.1, 0.15) is 21.5 Å². The van der Waals surface area contributed by atoms with Gasteiger partial charge in [-0.1, -0.05) is 18.2 Å². The van der Waals surface area contributed by atoms with Crippen molar-refractivity contribution in [2.45, 2.75) is 0 Å². The Kier molecular flexibility index (Phi) is 5.21. The fourth-order valence-electron chi connectivity index (χ4n) is 2.25. The number of methoxy groups -OCH3 is 2. The maximum absolute atomic E-state index is 11.7. The minimum atomic E-state index is -1.21. The minimum absolute atomic E-state index is 0.0121. The van der Waals surface area contributed by atoms with Crippen LogP contribution >= 0.6 is 0 Å². The summed E-state index contributed by atoms with van der Waals surface area (Å²) in [5.41, 5.74) is 0.495. The monoisotopic (exact) mass is 328 g/mol. The Morgan fingerprint density at radius 2 is 1.67 bits per heavy atom. The molecule has 0 atom stereocenters. The van der Waals surface area contributed by atoms with Gasteiger partial charge in [-0.25, -0.2) is 9.59 Å². The highest BCUT2D eigenvalue weighted by Gasteiger charge is 2.18. The third-order valence-electron chi connectivity index (χ3n) is 3.42. The lowest BCUT2D eigenvalue weighted by molar-refractivity contribution is -0.130. The number of aliphatic carboxylic acids is 1. The largest absolute Gasteiger partial charge is 0.497 e. The Bertz CT molecular complexity index is 807. The molecule has 0 spiro atoms. The molecule has 24 heavy (non-hydrogen) atoms. The summed E-state index contributed by atoms with van der Waals surface area (Å²) in [6.07, 6.45) is 1.31. The van der Waals surface area contributed by atoms with E-state index in [-0.39, 0.29) is 16.7 Å². The number of hydrogen-bond acceptors (Lipinski definition) is 4. The van der Waals surface area contributed by atoms with Crippen molar-refractivity contribution in [1.82, 2.24) is 0 Å². The predicted octanol–water partition coefficient (Wildman–Crippen LogP) is 3.03. The average molecular weight is 328 g/mol. The molecule has 0 aliphatic rings. The molecule has 0 amide bonds. The number of aromatic carboxylic acids is 1. The number of rotatable bonds is 6. The third kappa shape index (κ3) is 3.55. The van der Waals surface area contributed by atoms with Crippen molar-refractivity contribution in [3.05, 3.63) is 59.2 Å². The van der Waals surface area contributed by atoms with E-state index in [0.717, 1.165) is 0 Å². The molecule has 2 rings (SSSR count). The maximum Gasteiger partial charge on any atom is 0.336 e. The summed E-state index contributed by atoms with van der Waals surface area (Å²) in [5, 5.41) is 18.8. The van der Waals surface area contributed by atoms with E-state index in [1.165, 1.54) is 32.4 Å². The molecule has 2 aromatic rings. The van der Waals surface area contributed by atoms with Crippen LogP contribution in [0.5, 0.6) is 11.5 Å². The molecule has 6 heteroatoms. The smallest absolute Gasteiger partial charge is 0.336 e. The van der Waals surface area contributed by atoms with Gasteiger partial charge in [-0.15, -0.1) is 0 Å². The van der Waals surface area contributed by atoms with Gasteiger partial charge >= 0.3 is 11.9 Å². The molecule has 0 heterocycles. The molecule has 124 valence electrons. The Labute approximate surface area is 138 Å². The molecule has 2 N–H and O–H groups in total. The van der Waals surface area contributed by atoms with Crippen molar-refractivity contribution >= 4 is 23.6 Å². The topological polar surface area (TPSA) is 93.1 Å². The molecular weight excluding hydrogens is 312 g/mol. The van der Waals surface area contributed by atoms with Gasteiger partial charge in [-0.3, -0.25) is 0 Å². The van der Waals surface area contributed by atoms with Gasteiger partial charge in [0.2, 0.25) is 0 Å². The predicted molar refractivity (Wildman–Crippen MR) is 88.5 cm³/mol. The Morgan fingerprint density at radius 3 is 2.25 bits per heavy atom. The van der Waals surface area contributed by atoms with Crippen molar-refractivity contribution in [1.29, 1.82) is 0 Å². The SMILES string of the molecule is COc1ccc(OC)c(/C(=C/c2ccccc2C(=O)O)C(=O)O)c1. The van der Waals surface area contributed by atoms with Crippen LogP contribution in [0, 0.1) is 0 Å². The van der Waals surface area contributed by atoms with Gasteiger partial charge in [-0.2, -0.15) is 0 Å². The van der Waals surface area contributed by atoms with E-state index in [9.17, 15) is 19.8 Å². The summed E-state index contributed by atoms with van der Waals surface area (Å²) in [7, 11) is 2.89. The van der Waals surface area contributed by atoms with E-state index in [1.54, 1.807) is 30.3 Å². The Morgan fingerprint density at radius 1 is 0.958 bits per heavy atom. The van der Waals surface area contributed by atoms with Gasteiger partial charge in [0, 0.05) is 5.56 Å². The zero-order valence-electron chi connectivity index (χ0n) is 13.1. The zero-order valence-corrected chi connectivity index (χ0v) is 13.1. The van der Waals surface area contributed by atoms with E-state index >= 15 is 0 Å². The van der Waals surface area contributed by atoms with Crippen molar-refractivity contribution < 1.29 is 29.3 Å². The average Bonchev–Trinajstić information content (AvgIpc) is 2.59. The highest BCUT2D eigenvalue weighted by molar-refractivity contribution is 6.22. The van der Waals surface area contributed by atoms with E-state index in [1.807, 2.05) is 0 Å². The first-order chi connectivity index (χ1) is 11.5. The standard InChI is InChI=1S/C18H16O6/c1-23-12-7-8-16(24-2)14(10-12)15(18(21)22)9-11-5-3-4-6-13(11)17(19)20/h3-10H,1-2H3,(H,19,20)(H,21,22)/b15-9-. The first kappa shape index (κ1) is 17.1. The van der Waals surface area contributed by atoms with Gasteiger partial charge in [0.1, 0.15) is 11.5 Å². The molecular formula is C18H16O6. The van der Waals surface area contributed by atoms with Crippen molar-refractivity contribution in [3.63, 3.8) is 0 Å². The summed E-state index contributed by atoms with van der Waals surface area (Å²) in [6, 6.07) is 10.9. The molecule has 0 saturated heterocycles. The van der Waals surface area contributed by atoms with Crippen LogP contribution in [0.15, 0.2) is 42.5 Å². The van der Waals surface area contributed by atoms with Crippen LogP contribution in [-0.2, 0) is 4.79 Å². The van der Waals surface area contributed by atoms with Crippen molar-refractivity contribution in [3.8, 4) is 11.5 Å². The highest BCUT2D eigenvalue weighted by atomic mass is 16.5. The molecule has 0 saturated carbocycles. The highest BCUT2D eigenvalue weighted by Crippen LogP contribution is 2.32. The van der Waals surface area contributed by atoms with Crippen LogP contribution in [0.2, 0.25) is 0 Å². The third-order valence-corrected chi connectivity index (χ3v) is 3.42. The first-order valence-electron chi connectivity index (χ1n) is 6.97. The molecule has 0 aromatic heterocycles. The number of carbonyl (C=O) groups is 2. The second-order valence-corrected chi connectivity index (χ2v) is 4.82. The lowest BCUT2D eigenvalue weighted by atomic mass is 9.99. The Hall–Kier alpha value is -3.28. The molecule has 0 unspecified atom stereocenters. The summed E-state index contributed by atoms with van der Waals surface area (Å²) in [6.45, 7) is 0. The van der Waals surface area contributed by atoms with Crippen LogP contribution in [-0.4, -0.2) is 36.4 Å². The minimum Gasteiger partial charge on any atom is -0.497 e. The molecule has 0 bridgehead atoms. The van der Waals surface area contributed by atoms with E-state index < -0.39 is 11.9 Å². The Balaban J connectivity index is 2.68. The van der Waals surface area contributed by atoms with Gasteiger partial charge in [0.15, 0.2) is 0 Å². The summed E-state index contributed by atoms with van der Waals surface area (Å²) >= 11 is 0. The quantitative estimate of drug-likeness (QED) is 0.625. The van der Waals surface area contributed by atoms with Crippen LogP contribution in [0.3, 0.4) is 0 Å². The summed E-state index contributed by atoms with van der Waals surface area (Å²) in [4.78, 5) is 23.1. The molecule has 0 aliphatic carbocycles. The molecule has 0 radical (unpaired) electrons. The van der Waals surface area contributed by atoms with E-state index in [4.69, 9.17) is 9.47 Å². The van der Waals surface area contributed by atoms with E-state index in [0.29, 0.717) is 17.1 Å². The first-order valence-corrected chi connectivity index (χ1v) is 6.97. The van der Waals surface area contributed by atoms with E-state index in [2.05, 4.69) is 0 Å². The van der Waals surface area contributed by atoms with Gasteiger partial charge in [0.25, 0.3) is 0 Å². The van der Waals surface area contributed by atoms with Crippen molar-refractivity contribution in [2.24, 2.45) is 0 Å². The lowest BCUT2D eigenvalue weighted by Gasteiger charge is -2.12. The fourth-order valence-corrected chi connectivity index (χ4v) is 2.25. The van der Waals surface area contributed by atoms with Gasteiger partial charge < -0.3 is 19.7 Å². The number of carboxylic acid groups (broad SMARTS) is 2. The van der Waals surface area contributed by atoms with Gasteiger partial charge in [-0.05, 0) is 35.9 Å². The summed E-state index contributed by atoms with van der Waals surface area (Å²) < 4.78 is 10.3. The second kappa shape index (κ2) is 7.32. The normalized spacial score (nSPS) is 11.0. The lowest BCUT2D eigenvalue weighted by Crippen LogP contribution is -2.04. The number of hydrogen-bond donors (Lipinski definition) is 2. The molecule has 0 fully saturated rings. The van der Waals surface area contributed by atoms with Crippen LogP contribution < -0.4 is 9.47 Å². The zero-order chi connectivity index (χ0) is 17.7. The number of carboxylic acids is 2. The van der Waals surface area contributed by atoms with Crippen LogP contribution in [0.4, 0.5) is 0 Å². The van der Waals surface area contributed by atoms with Crippen molar-refractivity contribution in [2.75, 3.05) is 14.2 Å². The second-order valence-electron chi connectivity index (χ2n) is 4.82. The number of ether oxygens (including phenoxy) is 2. The molecule has 0 aliphatic heterocycles. The maximum atomic E-state index is 11.7.